The number of hydrogen-bond donors (Lipinski definition) is 0. The van der Waals surface area contributed by atoms with Gasteiger partial charge in [-0.1, -0.05) is 19.9 Å². The van der Waals surface area contributed by atoms with Crippen LogP contribution in [-0.4, -0.2) is 11.4 Å². The highest BCUT2D eigenvalue weighted by Gasteiger charge is 1.96. The highest BCUT2D eigenvalue weighted by molar-refractivity contribution is 5.30. The van der Waals surface area contributed by atoms with Gasteiger partial charge < -0.3 is 4.90 Å². The molecule has 1 rings (SSSR count). The molecule has 11 heavy (non-hydrogen) atoms. The van der Waals surface area contributed by atoms with Crippen LogP contribution in [0.15, 0.2) is 36.7 Å². The minimum absolute atomic E-state index is 1.08. The minimum atomic E-state index is 1.08. The number of unbranched alkanes of at least 4 members (excludes halogenated alkanes) is 1. The quantitative estimate of drug-likeness (QED) is 0.596. The van der Waals surface area contributed by atoms with Crippen molar-refractivity contribution in [2.45, 2.75) is 19.8 Å². The Morgan fingerprint density at radius 1 is 1.36 bits per heavy atom. The molecule has 60 valence electrons. The van der Waals surface area contributed by atoms with Gasteiger partial charge in [-0.15, -0.1) is 0 Å². The van der Waals surface area contributed by atoms with E-state index in [4.69, 9.17) is 0 Å². The summed E-state index contributed by atoms with van der Waals surface area (Å²) in [5.74, 6) is 0. The van der Waals surface area contributed by atoms with Crippen molar-refractivity contribution >= 4 is 0 Å². The molecular formula is C10H15N. The van der Waals surface area contributed by atoms with Crippen LogP contribution in [0, 0.1) is 0 Å². The van der Waals surface area contributed by atoms with Crippen molar-refractivity contribution in [1.82, 2.24) is 4.90 Å². The van der Waals surface area contributed by atoms with E-state index >= 15 is 0 Å². The number of nitrogens with zero attached hydrogens (tertiary/aromatic N) is 1. The van der Waals surface area contributed by atoms with Gasteiger partial charge in [0.1, 0.15) is 0 Å². The molecule has 1 heteroatoms. The predicted octanol–water partition coefficient (Wildman–Crippen LogP) is 2.69. The summed E-state index contributed by atoms with van der Waals surface area (Å²) in [6, 6.07) is 0. The van der Waals surface area contributed by atoms with Crippen LogP contribution >= 0.6 is 0 Å². The summed E-state index contributed by atoms with van der Waals surface area (Å²) in [6.45, 7) is 7.16. The molecule has 0 amide bonds. The van der Waals surface area contributed by atoms with E-state index in [9.17, 15) is 0 Å². The lowest BCUT2D eigenvalue weighted by Crippen LogP contribution is -2.12. The molecule has 0 aromatic rings. The van der Waals surface area contributed by atoms with Crippen molar-refractivity contribution in [1.29, 1.82) is 0 Å². The second-order valence-corrected chi connectivity index (χ2v) is 2.80. The molecule has 0 fully saturated rings. The molecule has 0 aromatic carbocycles. The molecule has 0 aromatic heterocycles. The van der Waals surface area contributed by atoms with Crippen molar-refractivity contribution < 1.29 is 0 Å². The van der Waals surface area contributed by atoms with E-state index in [-0.39, 0.29) is 0 Å². The molecule has 0 unspecified atom stereocenters. The molecule has 0 saturated carbocycles. The first-order chi connectivity index (χ1) is 5.33. The number of rotatable bonds is 3. The van der Waals surface area contributed by atoms with Gasteiger partial charge in [0.05, 0.1) is 0 Å². The maximum absolute atomic E-state index is 3.83. The average molecular weight is 149 g/mol. The normalized spacial score (nSPS) is 16.1. The van der Waals surface area contributed by atoms with Crippen LogP contribution in [0.3, 0.4) is 0 Å². The molecule has 0 N–H and O–H groups in total. The Bertz CT molecular complexity index is 173. The molecule has 0 spiro atoms. The van der Waals surface area contributed by atoms with E-state index in [0.29, 0.717) is 0 Å². The van der Waals surface area contributed by atoms with Crippen LogP contribution in [0.4, 0.5) is 0 Å². The Morgan fingerprint density at radius 2 is 2.00 bits per heavy atom. The smallest absolute Gasteiger partial charge is 0.0219 e. The van der Waals surface area contributed by atoms with Crippen molar-refractivity contribution in [2.24, 2.45) is 0 Å². The summed E-state index contributed by atoms with van der Waals surface area (Å²) in [5.41, 5.74) is 1.08. The van der Waals surface area contributed by atoms with Crippen LogP contribution in [0.25, 0.3) is 0 Å². The SMILES string of the molecule is C=C1C=CN(CCCC)C=C1. The Labute approximate surface area is 68.7 Å². The minimum Gasteiger partial charge on any atom is -0.354 e. The Balaban J connectivity index is 2.33. The molecule has 0 radical (unpaired) electrons. The van der Waals surface area contributed by atoms with Crippen molar-refractivity contribution in [3.63, 3.8) is 0 Å². The Kier molecular flexibility index (Phi) is 2.96. The summed E-state index contributed by atoms with van der Waals surface area (Å²) in [7, 11) is 0. The van der Waals surface area contributed by atoms with Crippen molar-refractivity contribution in [2.75, 3.05) is 6.54 Å². The van der Waals surface area contributed by atoms with Gasteiger partial charge in [0.15, 0.2) is 0 Å². The highest BCUT2D eigenvalue weighted by Crippen LogP contribution is 2.07. The van der Waals surface area contributed by atoms with Crippen LogP contribution in [0.5, 0.6) is 0 Å². The first-order valence-corrected chi connectivity index (χ1v) is 4.14. The van der Waals surface area contributed by atoms with E-state index in [1.165, 1.54) is 12.8 Å². The second-order valence-electron chi connectivity index (χ2n) is 2.80. The topological polar surface area (TPSA) is 3.24 Å². The van der Waals surface area contributed by atoms with Gasteiger partial charge in [0.2, 0.25) is 0 Å². The van der Waals surface area contributed by atoms with Gasteiger partial charge in [0, 0.05) is 18.9 Å². The van der Waals surface area contributed by atoms with Crippen LogP contribution in [0.1, 0.15) is 19.8 Å². The van der Waals surface area contributed by atoms with Crippen LogP contribution in [-0.2, 0) is 0 Å². The fourth-order valence-corrected chi connectivity index (χ4v) is 0.978. The number of allylic oxidation sites excluding steroid dienone is 3. The van der Waals surface area contributed by atoms with Crippen molar-refractivity contribution in [3.8, 4) is 0 Å². The van der Waals surface area contributed by atoms with Gasteiger partial charge in [-0.25, -0.2) is 0 Å². The summed E-state index contributed by atoms with van der Waals surface area (Å²) in [5, 5.41) is 0. The summed E-state index contributed by atoms with van der Waals surface area (Å²) in [6.07, 6.45) is 10.7. The van der Waals surface area contributed by atoms with Gasteiger partial charge in [-0.2, -0.15) is 0 Å². The fraction of sp³-hybridized carbons (Fsp3) is 0.400. The summed E-state index contributed by atoms with van der Waals surface area (Å²) >= 11 is 0. The van der Waals surface area contributed by atoms with E-state index in [2.05, 4.69) is 30.8 Å². The largest absolute Gasteiger partial charge is 0.354 e. The maximum atomic E-state index is 3.83. The predicted molar refractivity (Wildman–Crippen MR) is 49.0 cm³/mol. The second kappa shape index (κ2) is 4.02. The van der Waals surface area contributed by atoms with E-state index in [1.807, 2.05) is 12.2 Å². The number of hydrogen-bond acceptors (Lipinski definition) is 1. The molecule has 0 bridgehead atoms. The summed E-state index contributed by atoms with van der Waals surface area (Å²) in [4.78, 5) is 2.19. The molecule has 1 aliphatic heterocycles. The lowest BCUT2D eigenvalue weighted by Gasteiger charge is -2.17. The third-order valence-corrected chi connectivity index (χ3v) is 1.73. The zero-order chi connectivity index (χ0) is 8.10. The molecule has 1 heterocycles. The molecular weight excluding hydrogens is 134 g/mol. The van der Waals surface area contributed by atoms with E-state index < -0.39 is 0 Å². The van der Waals surface area contributed by atoms with Gasteiger partial charge >= 0.3 is 0 Å². The van der Waals surface area contributed by atoms with Gasteiger partial charge in [-0.05, 0) is 24.1 Å². The Hall–Kier alpha value is -0.980. The zero-order valence-corrected chi connectivity index (χ0v) is 7.09. The van der Waals surface area contributed by atoms with E-state index in [1.54, 1.807) is 0 Å². The molecule has 1 nitrogen and oxygen atoms in total. The highest BCUT2D eigenvalue weighted by atomic mass is 15.1. The van der Waals surface area contributed by atoms with Gasteiger partial charge in [0.25, 0.3) is 0 Å². The zero-order valence-electron chi connectivity index (χ0n) is 7.09. The Morgan fingerprint density at radius 3 is 2.55 bits per heavy atom. The lowest BCUT2D eigenvalue weighted by atomic mass is 10.2. The van der Waals surface area contributed by atoms with Crippen LogP contribution < -0.4 is 0 Å². The third kappa shape index (κ3) is 2.62. The molecule has 0 atom stereocenters. The first kappa shape index (κ1) is 8.12. The maximum Gasteiger partial charge on any atom is 0.0219 e. The molecule has 1 aliphatic rings. The first-order valence-electron chi connectivity index (χ1n) is 4.14. The van der Waals surface area contributed by atoms with Crippen molar-refractivity contribution in [3.05, 3.63) is 36.7 Å². The third-order valence-electron chi connectivity index (χ3n) is 1.73. The fourth-order valence-electron chi connectivity index (χ4n) is 0.978. The van der Waals surface area contributed by atoms with E-state index in [0.717, 1.165) is 12.1 Å². The average Bonchev–Trinajstić information content (AvgIpc) is 2.04. The molecule has 0 aliphatic carbocycles. The van der Waals surface area contributed by atoms with Crippen LogP contribution in [0.2, 0.25) is 0 Å². The lowest BCUT2D eigenvalue weighted by molar-refractivity contribution is 0.482. The summed E-state index contributed by atoms with van der Waals surface area (Å²) < 4.78 is 0. The molecule has 0 saturated heterocycles. The monoisotopic (exact) mass is 149 g/mol. The standard InChI is InChI=1S/C10H15N/c1-3-4-7-11-8-5-10(2)6-9-11/h5-6,8-9H,2-4,7H2,1H3. The van der Waals surface area contributed by atoms with Gasteiger partial charge in [-0.3, -0.25) is 0 Å².